The molecule has 0 fully saturated rings. The molecule has 0 amide bonds. The molecule has 0 saturated heterocycles. The summed E-state index contributed by atoms with van der Waals surface area (Å²) in [5.41, 5.74) is 1.18. The number of fused-ring (bicyclic) bond motifs is 2. The molecule has 0 spiro atoms. The molecule has 36 heavy (non-hydrogen) atoms. The number of halogens is 3. The van der Waals surface area contributed by atoms with Crippen molar-refractivity contribution < 1.29 is 40.9 Å². The standard InChI is InChI=1S/C24H19F3N2O6S/c25-24(26,27)35-15-9-11-16(12-10-15)36(31,32)28-17-13-33-14-20(23(17)30)29-18-5-1-3-7-21(18)34-22-8-4-2-6-19(22)29/h1-13,20,23,28,30H,14H2/t20-,23-/m0/s1. The average molecular weight is 520 g/mol. The molecule has 0 aliphatic carbocycles. The molecule has 3 aromatic rings. The predicted molar refractivity (Wildman–Crippen MR) is 122 cm³/mol. The van der Waals surface area contributed by atoms with Crippen LogP contribution in [0.2, 0.25) is 0 Å². The van der Waals surface area contributed by atoms with Gasteiger partial charge in [-0.15, -0.1) is 13.2 Å². The number of sulfonamides is 1. The molecular weight excluding hydrogens is 501 g/mol. The van der Waals surface area contributed by atoms with Gasteiger partial charge in [-0.1, -0.05) is 24.3 Å². The molecule has 0 saturated carbocycles. The fourth-order valence-electron chi connectivity index (χ4n) is 4.03. The lowest BCUT2D eigenvalue weighted by atomic mass is 10.0. The molecule has 2 aliphatic rings. The number of anilines is 2. The Labute approximate surface area is 204 Å². The van der Waals surface area contributed by atoms with Crippen molar-refractivity contribution in [2.45, 2.75) is 23.4 Å². The van der Waals surface area contributed by atoms with Crippen LogP contribution in [0.3, 0.4) is 0 Å². The van der Waals surface area contributed by atoms with Crippen molar-refractivity contribution in [1.82, 2.24) is 4.72 Å². The summed E-state index contributed by atoms with van der Waals surface area (Å²) in [5.74, 6) is 0.550. The van der Waals surface area contributed by atoms with Gasteiger partial charge in [-0.2, -0.15) is 0 Å². The summed E-state index contributed by atoms with van der Waals surface area (Å²) in [7, 11) is -4.27. The maximum atomic E-state index is 12.9. The fraction of sp³-hybridized carbons (Fsp3) is 0.167. The summed E-state index contributed by atoms with van der Waals surface area (Å²) in [5, 5.41) is 11.2. The molecule has 0 unspecified atom stereocenters. The quantitative estimate of drug-likeness (QED) is 0.515. The van der Waals surface area contributed by atoms with Gasteiger partial charge in [-0.25, -0.2) is 8.42 Å². The van der Waals surface area contributed by atoms with Crippen LogP contribution in [-0.4, -0.2) is 38.6 Å². The van der Waals surface area contributed by atoms with Gasteiger partial charge in [0.15, 0.2) is 11.5 Å². The number of ether oxygens (including phenoxy) is 3. The van der Waals surface area contributed by atoms with Gasteiger partial charge in [0.1, 0.15) is 30.8 Å². The third kappa shape index (κ3) is 4.64. The van der Waals surface area contributed by atoms with Crippen LogP contribution in [0, 0.1) is 0 Å². The second kappa shape index (κ2) is 8.95. The van der Waals surface area contributed by atoms with Gasteiger partial charge in [0.25, 0.3) is 10.0 Å². The number of aliphatic hydroxyl groups excluding tert-OH is 1. The zero-order valence-corrected chi connectivity index (χ0v) is 19.2. The first-order valence-corrected chi connectivity index (χ1v) is 12.1. The van der Waals surface area contributed by atoms with E-state index in [4.69, 9.17) is 9.47 Å². The van der Waals surface area contributed by atoms with Crippen molar-refractivity contribution in [3.05, 3.63) is 84.8 Å². The lowest BCUT2D eigenvalue weighted by molar-refractivity contribution is -0.274. The Bertz CT molecular complexity index is 1360. The van der Waals surface area contributed by atoms with Crippen LogP contribution in [0.1, 0.15) is 0 Å². The van der Waals surface area contributed by atoms with Crippen LogP contribution in [0.25, 0.3) is 0 Å². The Balaban J connectivity index is 1.41. The van der Waals surface area contributed by atoms with Gasteiger partial charge in [0.05, 0.1) is 22.0 Å². The highest BCUT2D eigenvalue weighted by molar-refractivity contribution is 7.89. The van der Waals surface area contributed by atoms with Gasteiger partial charge < -0.3 is 24.2 Å². The minimum absolute atomic E-state index is 0.0402. The number of aliphatic hydroxyl groups is 1. The van der Waals surface area contributed by atoms with Crippen molar-refractivity contribution in [2.75, 3.05) is 11.5 Å². The van der Waals surface area contributed by atoms with E-state index in [-0.39, 0.29) is 17.2 Å². The Morgan fingerprint density at radius 1 is 0.944 bits per heavy atom. The van der Waals surface area contributed by atoms with Crippen molar-refractivity contribution in [2.24, 2.45) is 0 Å². The second-order valence-electron chi connectivity index (χ2n) is 7.95. The van der Waals surface area contributed by atoms with Crippen LogP contribution < -0.4 is 19.1 Å². The first-order chi connectivity index (χ1) is 17.1. The molecule has 3 aromatic carbocycles. The summed E-state index contributed by atoms with van der Waals surface area (Å²) in [6, 6.07) is 17.4. The van der Waals surface area contributed by atoms with E-state index in [0.717, 1.165) is 30.5 Å². The highest BCUT2D eigenvalue weighted by Gasteiger charge is 2.39. The number of hydrogen-bond acceptors (Lipinski definition) is 7. The first-order valence-electron chi connectivity index (χ1n) is 10.7. The zero-order valence-electron chi connectivity index (χ0n) is 18.3. The van der Waals surface area contributed by atoms with Gasteiger partial charge in [0, 0.05) is 0 Å². The summed E-state index contributed by atoms with van der Waals surface area (Å²) in [4.78, 5) is 1.50. The molecule has 0 bridgehead atoms. The topological polar surface area (TPSA) is 97.3 Å². The molecule has 5 rings (SSSR count). The van der Waals surface area contributed by atoms with Crippen LogP contribution >= 0.6 is 0 Å². The Kier molecular flexibility index (Phi) is 5.92. The zero-order chi connectivity index (χ0) is 25.5. The van der Waals surface area contributed by atoms with Gasteiger partial charge >= 0.3 is 6.36 Å². The maximum absolute atomic E-state index is 12.9. The summed E-state index contributed by atoms with van der Waals surface area (Å²) >= 11 is 0. The normalized spacial score (nSPS) is 19.2. The molecule has 2 heterocycles. The Morgan fingerprint density at radius 3 is 2.11 bits per heavy atom. The van der Waals surface area contributed by atoms with Crippen LogP contribution in [-0.2, 0) is 14.8 Å². The van der Waals surface area contributed by atoms with E-state index in [1.165, 1.54) is 0 Å². The van der Waals surface area contributed by atoms with E-state index in [1.54, 1.807) is 12.1 Å². The van der Waals surface area contributed by atoms with Gasteiger partial charge in [0.2, 0.25) is 0 Å². The SMILES string of the molecule is O=S(=O)(NC1=COC[C@H](N2c3ccccc3Oc3ccccc32)[C@H]1O)c1ccc(OC(F)(F)F)cc1. The number of para-hydroxylation sites is 4. The first kappa shape index (κ1) is 23.8. The lowest BCUT2D eigenvalue weighted by Gasteiger charge is -2.41. The number of hydrogen-bond donors (Lipinski definition) is 2. The smallest absolute Gasteiger partial charge is 0.497 e. The van der Waals surface area contributed by atoms with Crippen LogP contribution in [0.15, 0.2) is 89.7 Å². The van der Waals surface area contributed by atoms with Crippen molar-refractivity contribution in [3.8, 4) is 17.2 Å². The fourth-order valence-corrected chi connectivity index (χ4v) is 5.12. The average Bonchev–Trinajstić information content (AvgIpc) is 2.83. The summed E-state index contributed by atoms with van der Waals surface area (Å²) in [6.45, 7) is 0.0402. The molecule has 8 nitrogen and oxygen atoms in total. The Morgan fingerprint density at radius 2 is 1.53 bits per heavy atom. The van der Waals surface area contributed by atoms with Gasteiger partial charge in [-0.3, -0.25) is 4.72 Å². The maximum Gasteiger partial charge on any atom is 0.573 e. The summed E-state index contributed by atoms with van der Waals surface area (Å²) in [6.07, 6.45) is -5.13. The predicted octanol–water partition coefficient (Wildman–Crippen LogP) is 4.41. The Hall–Kier alpha value is -3.90. The van der Waals surface area contributed by atoms with E-state index in [2.05, 4.69) is 9.46 Å². The lowest BCUT2D eigenvalue weighted by Crippen LogP contribution is -2.50. The number of alkyl halides is 3. The van der Waals surface area contributed by atoms with Gasteiger partial charge in [-0.05, 0) is 48.5 Å². The number of nitrogens with one attached hydrogen (secondary N) is 1. The van der Waals surface area contributed by atoms with E-state index >= 15 is 0 Å². The number of rotatable bonds is 5. The number of nitrogens with zero attached hydrogens (tertiary/aromatic N) is 1. The molecule has 2 atom stereocenters. The van der Waals surface area contributed by atoms with Crippen molar-refractivity contribution >= 4 is 21.4 Å². The molecule has 0 radical (unpaired) electrons. The largest absolute Gasteiger partial charge is 0.573 e. The molecule has 188 valence electrons. The molecule has 2 N–H and O–H groups in total. The van der Waals surface area contributed by atoms with E-state index < -0.39 is 34.3 Å². The molecule has 12 heteroatoms. The minimum Gasteiger partial charge on any atom is -0.497 e. The molecule has 2 aliphatic heterocycles. The van der Waals surface area contributed by atoms with E-state index in [9.17, 15) is 26.7 Å². The highest BCUT2D eigenvalue weighted by atomic mass is 32.2. The van der Waals surface area contributed by atoms with E-state index in [1.807, 2.05) is 41.3 Å². The van der Waals surface area contributed by atoms with Crippen LogP contribution in [0.5, 0.6) is 17.2 Å². The minimum atomic E-state index is -4.90. The summed E-state index contributed by atoms with van der Waals surface area (Å²) < 4.78 is 80.5. The van der Waals surface area contributed by atoms with Crippen molar-refractivity contribution in [3.63, 3.8) is 0 Å². The molecular formula is C24H19F3N2O6S. The highest BCUT2D eigenvalue weighted by Crippen LogP contribution is 2.48. The third-order valence-corrected chi connectivity index (χ3v) is 6.98. The monoisotopic (exact) mass is 520 g/mol. The van der Waals surface area contributed by atoms with Crippen LogP contribution in [0.4, 0.5) is 24.5 Å². The van der Waals surface area contributed by atoms with E-state index in [0.29, 0.717) is 22.9 Å². The van der Waals surface area contributed by atoms with Crippen molar-refractivity contribution in [1.29, 1.82) is 0 Å². The molecule has 0 aromatic heterocycles. The second-order valence-corrected chi connectivity index (χ2v) is 9.63. The third-order valence-electron chi connectivity index (χ3n) is 5.58. The number of benzene rings is 3.